The maximum absolute atomic E-state index is 12.1. The Kier molecular flexibility index (Phi) is 4.99. The fraction of sp³-hybridized carbons (Fsp3) is 0.0667. The van der Waals surface area contributed by atoms with E-state index in [9.17, 15) is 4.79 Å². The van der Waals surface area contributed by atoms with Gasteiger partial charge in [-0.05, 0) is 29.5 Å². The minimum atomic E-state index is -0.359. The topological polar surface area (TPSA) is 72.7 Å². The first-order valence-corrected chi connectivity index (χ1v) is 7.94. The van der Waals surface area contributed by atoms with E-state index in [0.717, 1.165) is 0 Å². The van der Waals surface area contributed by atoms with Crippen LogP contribution in [0.1, 0.15) is 0 Å². The number of nitrogens with zero attached hydrogens (tertiary/aromatic N) is 4. The minimum absolute atomic E-state index is 0.125. The Balaban J connectivity index is 1.72. The molecule has 6 nitrogen and oxygen atoms in total. The van der Waals surface area contributed by atoms with Crippen molar-refractivity contribution in [3.05, 3.63) is 57.5 Å². The quantitative estimate of drug-likeness (QED) is 0.742. The van der Waals surface area contributed by atoms with E-state index in [-0.39, 0.29) is 17.5 Å². The van der Waals surface area contributed by atoms with Gasteiger partial charge in [-0.3, -0.25) is 4.79 Å². The first kappa shape index (κ1) is 16.7. The molecule has 0 spiro atoms. The van der Waals surface area contributed by atoms with E-state index in [4.69, 9.17) is 34.8 Å². The largest absolute Gasteiger partial charge is 0.323 e. The van der Waals surface area contributed by atoms with E-state index < -0.39 is 0 Å². The predicted molar refractivity (Wildman–Crippen MR) is 93.4 cm³/mol. The van der Waals surface area contributed by atoms with Crippen molar-refractivity contribution in [1.82, 2.24) is 20.2 Å². The molecule has 1 N–H and O–H groups in total. The number of carbonyl (C=O) groups is 1. The number of tetrazole rings is 1. The Morgan fingerprint density at radius 3 is 2.58 bits per heavy atom. The van der Waals surface area contributed by atoms with Gasteiger partial charge in [-0.2, -0.15) is 4.80 Å². The second-order valence-electron chi connectivity index (χ2n) is 4.77. The van der Waals surface area contributed by atoms with Crippen LogP contribution in [0.2, 0.25) is 15.1 Å². The normalized spacial score (nSPS) is 10.6. The van der Waals surface area contributed by atoms with Gasteiger partial charge in [0.25, 0.3) is 0 Å². The van der Waals surface area contributed by atoms with Crippen LogP contribution in [-0.4, -0.2) is 26.1 Å². The molecular weight excluding hydrogens is 373 g/mol. The molecule has 0 bridgehead atoms. The Hall–Kier alpha value is -2.15. The third kappa shape index (κ3) is 3.67. The van der Waals surface area contributed by atoms with Gasteiger partial charge in [-0.25, -0.2) is 0 Å². The molecule has 3 rings (SSSR count). The van der Waals surface area contributed by atoms with E-state index in [1.807, 2.05) is 6.07 Å². The average molecular weight is 383 g/mol. The van der Waals surface area contributed by atoms with Crippen LogP contribution in [-0.2, 0) is 11.3 Å². The van der Waals surface area contributed by atoms with Gasteiger partial charge in [0.2, 0.25) is 11.7 Å². The van der Waals surface area contributed by atoms with Crippen LogP contribution in [0.3, 0.4) is 0 Å². The summed E-state index contributed by atoms with van der Waals surface area (Å²) in [5.74, 6) is -0.0172. The molecule has 1 amide bonds. The van der Waals surface area contributed by atoms with E-state index >= 15 is 0 Å². The number of nitrogens with one attached hydrogen (secondary N) is 1. The summed E-state index contributed by atoms with van der Waals surface area (Å²) in [5, 5.41) is 15.7. The fourth-order valence-electron chi connectivity index (χ4n) is 1.98. The zero-order valence-corrected chi connectivity index (χ0v) is 14.3. The van der Waals surface area contributed by atoms with Gasteiger partial charge >= 0.3 is 0 Å². The van der Waals surface area contributed by atoms with Crippen LogP contribution in [0.25, 0.3) is 11.4 Å². The van der Waals surface area contributed by atoms with Gasteiger partial charge in [-0.15, -0.1) is 10.2 Å². The molecule has 0 aliphatic heterocycles. The highest BCUT2D eigenvalue weighted by Crippen LogP contribution is 2.29. The van der Waals surface area contributed by atoms with Crippen molar-refractivity contribution < 1.29 is 4.79 Å². The first-order valence-electron chi connectivity index (χ1n) is 6.81. The van der Waals surface area contributed by atoms with Crippen molar-refractivity contribution in [2.75, 3.05) is 5.32 Å². The predicted octanol–water partition coefficient (Wildman–Crippen LogP) is 3.94. The van der Waals surface area contributed by atoms with Crippen molar-refractivity contribution in [2.24, 2.45) is 0 Å². The van der Waals surface area contributed by atoms with Crippen molar-refractivity contribution in [3.63, 3.8) is 0 Å². The molecule has 1 heterocycles. The molecule has 1 aromatic heterocycles. The molecular formula is C15H10Cl3N5O. The Morgan fingerprint density at radius 1 is 1.04 bits per heavy atom. The molecule has 0 aliphatic rings. The van der Waals surface area contributed by atoms with Gasteiger partial charge in [0.15, 0.2) is 0 Å². The highest BCUT2D eigenvalue weighted by molar-refractivity contribution is 6.44. The van der Waals surface area contributed by atoms with Gasteiger partial charge in [0.1, 0.15) is 6.54 Å². The third-order valence-electron chi connectivity index (χ3n) is 3.08. The van der Waals surface area contributed by atoms with Crippen LogP contribution in [0, 0.1) is 0 Å². The zero-order chi connectivity index (χ0) is 17.1. The number of rotatable bonds is 4. The summed E-state index contributed by atoms with van der Waals surface area (Å²) < 4.78 is 0. The molecule has 0 aliphatic carbocycles. The van der Waals surface area contributed by atoms with Gasteiger partial charge < -0.3 is 5.32 Å². The lowest BCUT2D eigenvalue weighted by molar-refractivity contribution is -0.117. The SMILES string of the molecule is O=C(Cn1nnc(-c2ccccc2Cl)n1)Nc1cccc(Cl)c1Cl. The maximum atomic E-state index is 12.1. The monoisotopic (exact) mass is 381 g/mol. The molecule has 0 saturated heterocycles. The number of halogens is 3. The molecule has 3 aromatic rings. The molecule has 0 atom stereocenters. The van der Waals surface area contributed by atoms with Crippen LogP contribution < -0.4 is 5.32 Å². The Labute approximate surface area is 152 Å². The van der Waals surface area contributed by atoms with E-state index in [1.165, 1.54) is 4.80 Å². The van der Waals surface area contributed by atoms with E-state index in [2.05, 4.69) is 20.7 Å². The number of aromatic nitrogens is 4. The molecule has 24 heavy (non-hydrogen) atoms. The summed E-state index contributed by atoms with van der Waals surface area (Å²) in [4.78, 5) is 13.3. The second-order valence-corrected chi connectivity index (χ2v) is 5.97. The van der Waals surface area contributed by atoms with Gasteiger partial charge in [0.05, 0.1) is 20.8 Å². The highest BCUT2D eigenvalue weighted by atomic mass is 35.5. The number of carbonyl (C=O) groups excluding carboxylic acids is 1. The van der Waals surface area contributed by atoms with E-state index in [0.29, 0.717) is 27.1 Å². The van der Waals surface area contributed by atoms with E-state index in [1.54, 1.807) is 36.4 Å². The summed E-state index contributed by atoms with van der Waals surface area (Å²) in [6.07, 6.45) is 0. The summed E-state index contributed by atoms with van der Waals surface area (Å²) in [6, 6.07) is 12.1. The average Bonchev–Trinajstić information content (AvgIpc) is 3.00. The lowest BCUT2D eigenvalue weighted by Crippen LogP contribution is -2.20. The second kappa shape index (κ2) is 7.17. The van der Waals surface area contributed by atoms with Crippen LogP contribution in [0.15, 0.2) is 42.5 Å². The Morgan fingerprint density at radius 2 is 1.79 bits per heavy atom. The highest BCUT2D eigenvalue weighted by Gasteiger charge is 2.13. The molecule has 0 unspecified atom stereocenters. The molecule has 9 heteroatoms. The summed E-state index contributed by atoms with van der Waals surface area (Å²) in [5.41, 5.74) is 1.06. The van der Waals surface area contributed by atoms with Gasteiger partial charge in [0, 0.05) is 5.56 Å². The smallest absolute Gasteiger partial charge is 0.248 e. The first-order chi connectivity index (χ1) is 11.5. The van der Waals surface area contributed by atoms with Crippen molar-refractivity contribution in [1.29, 1.82) is 0 Å². The zero-order valence-electron chi connectivity index (χ0n) is 12.1. The van der Waals surface area contributed by atoms with Crippen molar-refractivity contribution in [2.45, 2.75) is 6.54 Å². The number of anilines is 1. The number of benzene rings is 2. The van der Waals surface area contributed by atoms with Crippen molar-refractivity contribution in [3.8, 4) is 11.4 Å². The van der Waals surface area contributed by atoms with Crippen LogP contribution in [0.4, 0.5) is 5.69 Å². The van der Waals surface area contributed by atoms with Gasteiger partial charge in [-0.1, -0.05) is 53.0 Å². The maximum Gasteiger partial charge on any atom is 0.248 e. The Bertz CT molecular complexity index is 896. The molecule has 2 aromatic carbocycles. The molecule has 0 fully saturated rings. The number of hydrogen-bond acceptors (Lipinski definition) is 4. The summed E-state index contributed by atoms with van der Waals surface area (Å²) in [7, 11) is 0. The molecule has 122 valence electrons. The fourth-order valence-corrected chi connectivity index (χ4v) is 2.55. The van der Waals surface area contributed by atoms with Crippen LogP contribution >= 0.6 is 34.8 Å². The lowest BCUT2D eigenvalue weighted by Gasteiger charge is -2.07. The van der Waals surface area contributed by atoms with Crippen molar-refractivity contribution >= 4 is 46.4 Å². The lowest BCUT2D eigenvalue weighted by atomic mass is 10.2. The summed E-state index contributed by atoms with van der Waals surface area (Å²) in [6.45, 7) is -0.125. The number of hydrogen-bond donors (Lipinski definition) is 1. The number of amides is 1. The minimum Gasteiger partial charge on any atom is -0.323 e. The van der Waals surface area contributed by atoms with Crippen LogP contribution in [0.5, 0.6) is 0 Å². The standard InChI is InChI=1S/C15H10Cl3N5O/c16-10-5-2-1-4-9(10)15-20-22-23(21-15)8-13(24)19-12-7-3-6-11(17)14(12)18/h1-7H,8H2,(H,19,24). The summed E-state index contributed by atoms with van der Waals surface area (Å²) >= 11 is 18.0. The third-order valence-corrected chi connectivity index (χ3v) is 4.23. The molecule has 0 radical (unpaired) electrons. The molecule has 0 saturated carbocycles.